The summed E-state index contributed by atoms with van der Waals surface area (Å²) in [5.74, 6) is 0.918. The molecule has 1 aromatic heterocycles. The van der Waals surface area contributed by atoms with Crippen molar-refractivity contribution in [2.75, 3.05) is 38.1 Å². The lowest BCUT2D eigenvalue weighted by molar-refractivity contribution is 0.223. The highest BCUT2D eigenvalue weighted by Crippen LogP contribution is 2.32. The summed E-state index contributed by atoms with van der Waals surface area (Å²) in [6, 6.07) is 15.2. The Kier molecular flexibility index (Phi) is 4.83. The minimum Gasteiger partial charge on any atom is -0.484 e. The standard InChI is InChI=1S/C23H29N3O/c1-16-14-22(24-17(16)2)18(3)27-20-9-8-19-6-5-7-23(21(19)15-20)26-12-10-25(4)11-13-26/h5-9,14-15,18,24H,10-13H2,1-4H3. The van der Waals surface area contributed by atoms with Gasteiger partial charge >= 0.3 is 0 Å². The van der Waals surface area contributed by atoms with E-state index in [1.54, 1.807) is 0 Å². The van der Waals surface area contributed by atoms with Crippen molar-refractivity contribution in [1.29, 1.82) is 0 Å². The van der Waals surface area contributed by atoms with Crippen LogP contribution in [-0.4, -0.2) is 43.1 Å². The highest BCUT2D eigenvalue weighted by atomic mass is 16.5. The number of aromatic nitrogens is 1. The predicted molar refractivity (Wildman–Crippen MR) is 113 cm³/mol. The summed E-state index contributed by atoms with van der Waals surface area (Å²) in [5, 5.41) is 2.53. The zero-order chi connectivity index (χ0) is 19.0. The van der Waals surface area contributed by atoms with Crippen molar-refractivity contribution in [3.8, 4) is 5.75 Å². The minimum absolute atomic E-state index is 0.00866. The number of H-pyrrole nitrogens is 1. The lowest BCUT2D eigenvalue weighted by Crippen LogP contribution is -2.44. The maximum absolute atomic E-state index is 6.28. The molecule has 1 N–H and O–H groups in total. The fourth-order valence-electron chi connectivity index (χ4n) is 3.81. The Bertz CT molecular complexity index is 918. The number of likely N-dealkylation sites (N-methyl/N-ethyl adjacent to an activating group) is 1. The number of nitrogens with zero attached hydrogens (tertiary/aromatic N) is 2. The molecule has 4 nitrogen and oxygen atoms in total. The molecule has 0 amide bonds. The monoisotopic (exact) mass is 363 g/mol. The highest BCUT2D eigenvalue weighted by molar-refractivity contribution is 5.95. The minimum atomic E-state index is -0.00866. The lowest BCUT2D eigenvalue weighted by Gasteiger charge is -2.34. The number of piperazine rings is 1. The van der Waals surface area contributed by atoms with E-state index in [-0.39, 0.29) is 6.10 Å². The number of fused-ring (bicyclic) bond motifs is 1. The number of aromatic amines is 1. The largest absolute Gasteiger partial charge is 0.484 e. The molecule has 2 heterocycles. The first-order valence-corrected chi connectivity index (χ1v) is 9.80. The van der Waals surface area contributed by atoms with Gasteiger partial charge in [0.1, 0.15) is 11.9 Å². The van der Waals surface area contributed by atoms with Crippen LogP contribution in [0.5, 0.6) is 5.75 Å². The second-order valence-electron chi connectivity index (χ2n) is 7.74. The molecule has 1 fully saturated rings. The molecule has 4 rings (SSSR count). The van der Waals surface area contributed by atoms with E-state index in [9.17, 15) is 0 Å². The number of hydrogen-bond donors (Lipinski definition) is 1. The number of aryl methyl sites for hydroxylation is 2. The van der Waals surface area contributed by atoms with Gasteiger partial charge in [0.25, 0.3) is 0 Å². The second kappa shape index (κ2) is 7.28. The SMILES string of the molecule is Cc1cc(C(C)Oc2ccc3cccc(N4CCN(C)CC4)c3c2)[nH]c1C. The molecule has 0 bridgehead atoms. The smallest absolute Gasteiger partial charge is 0.136 e. The Balaban J connectivity index is 1.62. The van der Waals surface area contributed by atoms with Gasteiger partial charge in [-0.3, -0.25) is 0 Å². The molecule has 0 saturated carbocycles. The first-order valence-electron chi connectivity index (χ1n) is 9.80. The van der Waals surface area contributed by atoms with E-state index in [4.69, 9.17) is 4.74 Å². The first kappa shape index (κ1) is 17.9. The van der Waals surface area contributed by atoms with Gasteiger partial charge in [-0.1, -0.05) is 18.2 Å². The van der Waals surface area contributed by atoms with Crippen LogP contribution in [0.3, 0.4) is 0 Å². The van der Waals surface area contributed by atoms with Crippen molar-refractivity contribution in [1.82, 2.24) is 9.88 Å². The molecular weight excluding hydrogens is 334 g/mol. The van der Waals surface area contributed by atoms with Crippen LogP contribution >= 0.6 is 0 Å². The number of nitrogens with one attached hydrogen (secondary N) is 1. The maximum atomic E-state index is 6.28. The van der Waals surface area contributed by atoms with Crippen LogP contribution in [0.1, 0.15) is 30.0 Å². The Morgan fingerprint density at radius 1 is 1.00 bits per heavy atom. The fourth-order valence-corrected chi connectivity index (χ4v) is 3.81. The Morgan fingerprint density at radius 2 is 1.78 bits per heavy atom. The molecule has 1 unspecified atom stereocenters. The van der Waals surface area contributed by atoms with Crippen LogP contribution in [-0.2, 0) is 0 Å². The molecule has 1 atom stereocenters. The predicted octanol–water partition coefficient (Wildman–Crippen LogP) is 4.68. The summed E-state index contributed by atoms with van der Waals surface area (Å²) < 4.78 is 6.28. The van der Waals surface area contributed by atoms with Crippen molar-refractivity contribution < 1.29 is 4.74 Å². The average Bonchev–Trinajstić information content (AvgIpc) is 3.01. The van der Waals surface area contributed by atoms with Gasteiger partial charge < -0.3 is 19.5 Å². The Labute approximate surface area is 161 Å². The van der Waals surface area contributed by atoms with Crippen molar-refractivity contribution in [2.24, 2.45) is 0 Å². The van der Waals surface area contributed by atoms with E-state index in [2.05, 4.69) is 85.1 Å². The molecule has 4 heteroatoms. The van der Waals surface area contributed by atoms with E-state index >= 15 is 0 Å². The molecule has 3 aromatic rings. The van der Waals surface area contributed by atoms with Crippen molar-refractivity contribution in [3.05, 3.63) is 59.4 Å². The van der Waals surface area contributed by atoms with Crippen LogP contribution in [0.4, 0.5) is 5.69 Å². The normalized spacial score (nSPS) is 16.7. The molecule has 142 valence electrons. The van der Waals surface area contributed by atoms with Gasteiger partial charge in [0, 0.05) is 42.9 Å². The van der Waals surface area contributed by atoms with E-state index in [1.807, 2.05) is 0 Å². The summed E-state index contributed by atoms with van der Waals surface area (Å²) in [6.45, 7) is 10.7. The molecule has 1 aliphatic rings. The molecule has 27 heavy (non-hydrogen) atoms. The van der Waals surface area contributed by atoms with Crippen molar-refractivity contribution >= 4 is 16.5 Å². The summed E-state index contributed by atoms with van der Waals surface area (Å²) in [6.07, 6.45) is -0.00866. The van der Waals surface area contributed by atoms with Crippen LogP contribution in [0, 0.1) is 13.8 Å². The molecule has 1 saturated heterocycles. The molecule has 1 aliphatic heterocycles. The summed E-state index contributed by atoms with van der Waals surface area (Å²) in [4.78, 5) is 8.31. The molecule has 0 aliphatic carbocycles. The van der Waals surface area contributed by atoms with Gasteiger partial charge in [-0.05, 0) is 63.0 Å². The van der Waals surface area contributed by atoms with Crippen LogP contribution < -0.4 is 9.64 Å². The number of benzene rings is 2. The second-order valence-corrected chi connectivity index (χ2v) is 7.74. The summed E-state index contributed by atoms with van der Waals surface area (Å²) >= 11 is 0. The highest BCUT2D eigenvalue weighted by Gasteiger charge is 2.17. The maximum Gasteiger partial charge on any atom is 0.136 e. The van der Waals surface area contributed by atoms with Gasteiger partial charge in [-0.2, -0.15) is 0 Å². The van der Waals surface area contributed by atoms with E-state index < -0.39 is 0 Å². The third-order valence-electron chi connectivity index (χ3n) is 5.72. The molecule has 0 spiro atoms. The third kappa shape index (κ3) is 3.67. The number of anilines is 1. The van der Waals surface area contributed by atoms with E-state index in [0.717, 1.165) is 37.6 Å². The number of ether oxygens (including phenoxy) is 1. The van der Waals surface area contributed by atoms with Gasteiger partial charge in [0.15, 0.2) is 0 Å². The Hall–Kier alpha value is -2.46. The van der Waals surface area contributed by atoms with Crippen LogP contribution in [0.2, 0.25) is 0 Å². The first-order chi connectivity index (χ1) is 13.0. The topological polar surface area (TPSA) is 31.5 Å². The zero-order valence-corrected chi connectivity index (χ0v) is 16.7. The Morgan fingerprint density at radius 3 is 2.48 bits per heavy atom. The average molecular weight is 364 g/mol. The van der Waals surface area contributed by atoms with Crippen molar-refractivity contribution in [3.63, 3.8) is 0 Å². The van der Waals surface area contributed by atoms with Crippen molar-refractivity contribution in [2.45, 2.75) is 26.9 Å². The zero-order valence-electron chi connectivity index (χ0n) is 16.7. The molecular formula is C23H29N3O. The lowest BCUT2D eigenvalue weighted by atomic mass is 10.1. The van der Waals surface area contributed by atoms with E-state index in [1.165, 1.54) is 27.7 Å². The van der Waals surface area contributed by atoms with Gasteiger partial charge in [0.2, 0.25) is 0 Å². The van der Waals surface area contributed by atoms with Crippen LogP contribution in [0.25, 0.3) is 10.8 Å². The van der Waals surface area contributed by atoms with E-state index in [0.29, 0.717) is 0 Å². The number of rotatable bonds is 4. The van der Waals surface area contributed by atoms with Crippen LogP contribution in [0.15, 0.2) is 42.5 Å². The fraction of sp³-hybridized carbons (Fsp3) is 0.391. The van der Waals surface area contributed by atoms with Gasteiger partial charge in [-0.25, -0.2) is 0 Å². The third-order valence-corrected chi connectivity index (χ3v) is 5.72. The molecule has 0 radical (unpaired) electrons. The van der Waals surface area contributed by atoms with Gasteiger partial charge in [-0.15, -0.1) is 0 Å². The van der Waals surface area contributed by atoms with Gasteiger partial charge in [0.05, 0.1) is 5.69 Å². The quantitative estimate of drug-likeness (QED) is 0.730. The molecule has 2 aromatic carbocycles. The summed E-state index contributed by atoms with van der Waals surface area (Å²) in [5.41, 5.74) is 4.91. The summed E-state index contributed by atoms with van der Waals surface area (Å²) in [7, 11) is 2.19. The number of hydrogen-bond acceptors (Lipinski definition) is 3.